The minimum Gasteiger partial charge on any atom is -0.357 e. The summed E-state index contributed by atoms with van der Waals surface area (Å²) in [6.45, 7) is 10.7. The van der Waals surface area contributed by atoms with Crippen molar-refractivity contribution in [3.63, 3.8) is 0 Å². The average Bonchev–Trinajstić information content (AvgIpc) is 3.11. The van der Waals surface area contributed by atoms with Crippen molar-refractivity contribution in [1.29, 1.82) is 0 Å². The number of guanidine groups is 1. The highest BCUT2D eigenvalue weighted by atomic mass is 127. The van der Waals surface area contributed by atoms with Crippen molar-refractivity contribution >= 4 is 51.3 Å². The number of rotatable bonds is 10. The molecule has 0 amide bonds. The van der Waals surface area contributed by atoms with E-state index in [0.29, 0.717) is 19.6 Å². The Morgan fingerprint density at radius 1 is 1.31 bits per heavy atom. The van der Waals surface area contributed by atoms with E-state index in [4.69, 9.17) is 4.99 Å². The summed E-state index contributed by atoms with van der Waals surface area (Å²) in [5, 5.41) is 8.61. The molecule has 0 aliphatic carbocycles. The van der Waals surface area contributed by atoms with Crippen LogP contribution in [-0.2, 0) is 15.4 Å². The molecule has 1 heterocycles. The molecule has 6 nitrogen and oxygen atoms in total. The van der Waals surface area contributed by atoms with Crippen LogP contribution in [0.3, 0.4) is 0 Å². The van der Waals surface area contributed by atoms with Crippen molar-refractivity contribution in [2.45, 2.75) is 39.5 Å². The third kappa shape index (κ3) is 8.53. The summed E-state index contributed by atoms with van der Waals surface area (Å²) in [7, 11) is -1.48. The number of hydrogen-bond donors (Lipinski definition) is 2. The monoisotopic (exact) mass is 516 g/mol. The molecule has 0 saturated carbocycles. The Morgan fingerprint density at radius 2 is 2.00 bits per heavy atom. The maximum atomic E-state index is 11.7. The van der Waals surface area contributed by atoms with Gasteiger partial charge >= 0.3 is 0 Å². The largest absolute Gasteiger partial charge is 0.357 e. The lowest BCUT2D eigenvalue weighted by atomic mass is 9.92. The normalized spacial score (nSPS) is 12.8. The Morgan fingerprint density at radius 3 is 2.54 bits per heavy atom. The van der Waals surface area contributed by atoms with Gasteiger partial charge in [-0.05, 0) is 31.7 Å². The fourth-order valence-electron chi connectivity index (χ4n) is 2.23. The second-order valence-electron chi connectivity index (χ2n) is 6.56. The highest BCUT2D eigenvalue weighted by Gasteiger charge is 2.21. The Kier molecular flexibility index (Phi) is 12.0. The van der Waals surface area contributed by atoms with Crippen molar-refractivity contribution in [2.24, 2.45) is 4.99 Å². The molecule has 0 bridgehead atoms. The second kappa shape index (κ2) is 12.1. The highest BCUT2D eigenvalue weighted by molar-refractivity contribution is 14.0. The Hall–Kier alpha value is -0.390. The van der Waals surface area contributed by atoms with Gasteiger partial charge in [0.2, 0.25) is 10.0 Å². The number of sulfonamides is 1. The van der Waals surface area contributed by atoms with Crippen LogP contribution in [0.15, 0.2) is 22.5 Å². The smallest absolute Gasteiger partial charge is 0.213 e. The fraction of sp³-hybridized carbons (Fsp3) is 0.706. The number of nitrogens with zero attached hydrogens (tertiary/aromatic N) is 2. The van der Waals surface area contributed by atoms with Gasteiger partial charge in [-0.2, -0.15) is 0 Å². The van der Waals surface area contributed by atoms with Gasteiger partial charge in [0.05, 0.1) is 12.3 Å². The van der Waals surface area contributed by atoms with E-state index in [1.807, 2.05) is 6.92 Å². The predicted molar refractivity (Wildman–Crippen MR) is 123 cm³/mol. The Balaban J connectivity index is 0.00000625. The summed E-state index contributed by atoms with van der Waals surface area (Å²) in [5.41, 5.74) is -0.00800. The number of thiophene rings is 1. The molecule has 0 aliphatic rings. The van der Waals surface area contributed by atoms with Crippen molar-refractivity contribution < 1.29 is 8.42 Å². The maximum Gasteiger partial charge on any atom is 0.213 e. The molecule has 0 aromatic carbocycles. The van der Waals surface area contributed by atoms with Crippen LogP contribution in [0.4, 0.5) is 0 Å². The van der Waals surface area contributed by atoms with Crippen molar-refractivity contribution in [1.82, 2.24) is 14.9 Å². The van der Waals surface area contributed by atoms with Crippen molar-refractivity contribution in [3.05, 3.63) is 22.4 Å². The van der Waals surface area contributed by atoms with E-state index in [9.17, 15) is 8.42 Å². The van der Waals surface area contributed by atoms with Gasteiger partial charge in [0.15, 0.2) is 5.96 Å². The molecule has 0 unspecified atom stereocenters. The van der Waals surface area contributed by atoms with Gasteiger partial charge in [0, 0.05) is 37.0 Å². The van der Waals surface area contributed by atoms with Gasteiger partial charge in [0.1, 0.15) is 0 Å². The molecule has 2 N–H and O–H groups in total. The van der Waals surface area contributed by atoms with E-state index < -0.39 is 10.0 Å². The van der Waals surface area contributed by atoms with Gasteiger partial charge in [-0.1, -0.05) is 19.9 Å². The zero-order valence-electron chi connectivity index (χ0n) is 16.4. The molecule has 0 saturated heterocycles. The number of halogens is 1. The minimum atomic E-state index is -3.10. The molecule has 0 atom stereocenters. The van der Waals surface area contributed by atoms with Crippen molar-refractivity contribution in [3.8, 4) is 0 Å². The predicted octanol–water partition coefficient (Wildman–Crippen LogP) is 2.87. The molecule has 152 valence electrons. The summed E-state index contributed by atoms with van der Waals surface area (Å²) in [5.74, 6) is 0.909. The molecule has 0 radical (unpaired) electrons. The van der Waals surface area contributed by atoms with E-state index in [1.165, 1.54) is 9.18 Å². The number of nitrogens with one attached hydrogen (secondary N) is 2. The van der Waals surface area contributed by atoms with E-state index in [2.05, 4.69) is 42.0 Å². The van der Waals surface area contributed by atoms with E-state index in [0.717, 1.165) is 18.9 Å². The van der Waals surface area contributed by atoms with Crippen LogP contribution in [0.5, 0.6) is 0 Å². The number of aliphatic imine (C=N–C) groups is 1. The summed E-state index contributed by atoms with van der Waals surface area (Å²) in [6, 6.07) is 4.21. The molecular weight excluding hydrogens is 483 g/mol. The maximum absolute atomic E-state index is 11.7. The lowest BCUT2D eigenvalue weighted by Gasteiger charge is -2.22. The quantitative estimate of drug-likeness (QED) is 0.217. The number of hydrogen-bond acceptors (Lipinski definition) is 4. The summed E-state index contributed by atoms with van der Waals surface area (Å²) in [4.78, 5) is 6.01. The van der Waals surface area contributed by atoms with Crippen LogP contribution in [0.2, 0.25) is 0 Å². The van der Waals surface area contributed by atoms with Crippen LogP contribution >= 0.6 is 35.3 Å². The first-order valence-electron chi connectivity index (χ1n) is 8.73. The molecule has 0 aliphatic heterocycles. The van der Waals surface area contributed by atoms with Gasteiger partial charge < -0.3 is 10.6 Å². The standard InChI is InChI=1S/C17H32N4O2S2.HI/c1-6-18-16(19-11-9-12-21(5)25(22,23)7-2)20-14-17(3,4)15-10-8-13-24-15;/h8,10,13H,6-7,9,11-12,14H2,1-5H3,(H2,18,19,20);1H. The molecule has 1 aromatic heterocycles. The molecular formula is C17H33IN4O2S2. The zero-order chi connectivity index (χ0) is 18.9. The Labute approximate surface area is 179 Å². The fourth-order valence-corrected chi connectivity index (χ4v) is 3.92. The van der Waals surface area contributed by atoms with Gasteiger partial charge in [-0.15, -0.1) is 35.3 Å². The summed E-state index contributed by atoms with van der Waals surface area (Å²) in [6.07, 6.45) is 0.731. The Bertz CT molecular complexity index is 631. The van der Waals surface area contributed by atoms with Crippen LogP contribution in [0.1, 0.15) is 39.0 Å². The average molecular weight is 517 g/mol. The van der Waals surface area contributed by atoms with Crippen LogP contribution in [0.25, 0.3) is 0 Å². The van der Waals surface area contributed by atoms with Crippen LogP contribution < -0.4 is 10.6 Å². The third-order valence-corrected chi connectivity index (χ3v) is 7.04. The van der Waals surface area contributed by atoms with Gasteiger partial charge in [-0.3, -0.25) is 4.99 Å². The molecule has 0 spiro atoms. The zero-order valence-corrected chi connectivity index (χ0v) is 20.4. The molecule has 1 rings (SSSR count). The highest BCUT2D eigenvalue weighted by Crippen LogP contribution is 2.27. The lowest BCUT2D eigenvalue weighted by molar-refractivity contribution is 0.461. The van der Waals surface area contributed by atoms with E-state index >= 15 is 0 Å². The molecule has 26 heavy (non-hydrogen) atoms. The molecule has 1 aromatic rings. The molecule has 0 fully saturated rings. The summed E-state index contributed by atoms with van der Waals surface area (Å²) < 4.78 is 24.9. The summed E-state index contributed by atoms with van der Waals surface area (Å²) >= 11 is 1.75. The topological polar surface area (TPSA) is 73.8 Å². The first kappa shape index (κ1) is 25.6. The molecule has 9 heteroatoms. The van der Waals surface area contributed by atoms with Gasteiger partial charge in [-0.25, -0.2) is 12.7 Å². The minimum absolute atomic E-state index is 0. The van der Waals surface area contributed by atoms with Crippen molar-refractivity contribution in [2.75, 3.05) is 39.0 Å². The SMILES string of the molecule is CCNC(=NCC(C)(C)c1cccs1)NCCCN(C)S(=O)(=O)CC.I. The third-order valence-electron chi connectivity index (χ3n) is 3.95. The second-order valence-corrected chi connectivity index (χ2v) is 9.87. The lowest BCUT2D eigenvalue weighted by Crippen LogP contribution is -2.40. The van der Waals surface area contributed by atoms with Crippen LogP contribution in [-0.4, -0.2) is 57.7 Å². The van der Waals surface area contributed by atoms with E-state index in [1.54, 1.807) is 25.3 Å². The van der Waals surface area contributed by atoms with E-state index in [-0.39, 0.29) is 35.1 Å². The van der Waals surface area contributed by atoms with Crippen LogP contribution in [0, 0.1) is 0 Å². The first-order chi connectivity index (χ1) is 11.7. The van der Waals surface area contributed by atoms with Gasteiger partial charge in [0.25, 0.3) is 0 Å². The first-order valence-corrected chi connectivity index (χ1v) is 11.2.